The molecule has 2 amide bonds. The number of rotatable bonds is 6. The van der Waals surface area contributed by atoms with Crippen LogP contribution in [-0.2, 0) is 27.5 Å². The Bertz CT molecular complexity index is 863. The predicted molar refractivity (Wildman–Crippen MR) is 110 cm³/mol. The summed E-state index contributed by atoms with van der Waals surface area (Å²) in [5, 5.41) is 1.75. The van der Waals surface area contributed by atoms with Crippen LogP contribution < -0.4 is 11.1 Å². The zero-order valence-corrected chi connectivity index (χ0v) is 17.9. The number of carbonyl (C=O) groups is 2. The number of hydrogen-bond acceptors (Lipinski definition) is 5. The lowest BCUT2D eigenvalue weighted by molar-refractivity contribution is -0.115. The number of carbonyl (C=O) groups excluding carboxylic acids is 2. The quantitative estimate of drug-likeness (QED) is 0.701. The summed E-state index contributed by atoms with van der Waals surface area (Å²) < 4.78 is 24.2. The van der Waals surface area contributed by atoms with Crippen molar-refractivity contribution in [1.29, 1.82) is 0 Å². The lowest BCUT2D eigenvalue weighted by Gasteiger charge is -2.33. The second-order valence-corrected chi connectivity index (χ2v) is 11.6. The number of primary amides is 1. The van der Waals surface area contributed by atoms with Gasteiger partial charge in [0, 0.05) is 4.88 Å². The third-order valence-corrected chi connectivity index (χ3v) is 8.39. The summed E-state index contributed by atoms with van der Waals surface area (Å²) in [7, 11) is -3.63. The SMILES string of the molecule is C=CCS(=O)(=O)C(C)C(=O)Nc1sc2c(c1C(N)=O)CCC(C(C)(C)C)C2. The highest BCUT2D eigenvalue weighted by Crippen LogP contribution is 2.44. The van der Waals surface area contributed by atoms with Crippen LogP contribution in [0, 0.1) is 11.3 Å². The fourth-order valence-electron chi connectivity index (χ4n) is 3.36. The van der Waals surface area contributed by atoms with Gasteiger partial charge >= 0.3 is 0 Å². The maximum atomic E-state index is 12.5. The Morgan fingerprint density at radius 2 is 2.04 bits per heavy atom. The number of nitrogens with two attached hydrogens (primary N) is 1. The first-order valence-corrected chi connectivity index (χ1v) is 11.5. The minimum atomic E-state index is -3.63. The smallest absolute Gasteiger partial charge is 0.251 e. The molecule has 0 fully saturated rings. The molecule has 1 aromatic rings. The van der Waals surface area contributed by atoms with Gasteiger partial charge in [-0.25, -0.2) is 8.42 Å². The summed E-state index contributed by atoms with van der Waals surface area (Å²) in [6.45, 7) is 11.3. The summed E-state index contributed by atoms with van der Waals surface area (Å²) in [5.74, 6) is -1.07. The maximum absolute atomic E-state index is 12.5. The number of thiophene rings is 1. The first kappa shape index (κ1) is 21.6. The van der Waals surface area contributed by atoms with E-state index in [1.54, 1.807) is 0 Å². The molecular formula is C19H28N2O4S2. The van der Waals surface area contributed by atoms with Crippen molar-refractivity contribution in [3.05, 3.63) is 28.7 Å². The van der Waals surface area contributed by atoms with Crippen molar-refractivity contribution < 1.29 is 18.0 Å². The van der Waals surface area contributed by atoms with Crippen molar-refractivity contribution in [2.75, 3.05) is 11.1 Å². The molecule has 0 bridgehead atoms. The number of fused-ring (bicyclic) bond motifs is 1. The van der Waals surface area contributed by atoms with E-state index in [-0.39, 0.29) is 11.2 Å². The highest BCUT2D eigenvalue weighted by Gasteiger charge is 2.34. The molecular weight excluding hydrogens is 384 g/mol. The molecule has 0 spiro atoms. The van der Waals surface area contributed by atoms with Crippen molar-refractivity contribution in [1.82, 2.24) is 0 Å². The first-order valence-electron chi connectivity index (χ1n) is 8.96. The van der Waals surface area contributed by atoms with Crippen molar-refractivity contribution in [2.45, 2.75) is 52.2 Å². The standard InChI is InChI=1S/C19H28N2O4S2/c1-6-9-27(24,25)11(2)17(23)21-18-15(16(20)22)13-8-7-12(19(3,4)5)10-14(13)26-18/h6,11-12H,1,7-10H2,2-5H3,(H2,20,22)(H,21,23). The van der Waals surface area contributed by atoms with Gasteiger partial charge in [0.15, 0.2) is 9.84 Å². The first-order chi connectivity index (χ1) is 12.4. The minimum absolute atomic E-state index is 0.144. The molecule has 8 heteroatoms. The Hall–Kier alpha value is -1.67. The summed E-state index contributed by atoms with van der Waals surface area (Å²) in [6, 6.07) is 0. The van der Waals surface area contributed by atoms with Crippen LogP contribution in [0.5, 0.6) is 0 Å². The van der Waals surface area contributed by atoms with E-state index in [0.717, 1.165) is 29.7 Å². The molecule has 2 rings (SSSR count). The largest absolute Gasteiger partial charge is 0.365 e. The van der Waals surface area contributed by atoms with Crippen molar-refractivity contribution in [2.24, 2.45) is 17.1 Å². The zero-order valence-electron chi connectivity index (χ0n) is 16.3. The summed E-state index contributed by atoms with van der Waals surface area (Å²) in [6.07, 6.45) is 3.76. The Kier molecular flexibility index (Phi) is 6.21. The molecule has 1 aliphatic carbocycles. The van der Waals surface area contributed by atoms with Crippen LogP contribution in [-0.4, -0.2) is 31.2 Å². The Morgan fingerprint density at radius 3 is 2.56 bits per heavy atom. The fraction of sp³-hybridized carbons (Fsp3) is 0.579. The van der Waals surface area contributed by atoms with Gasteiger partial charge in [0.25, 0.3) is 5.91 Å². The van der Waals surface area contributed by atoms with Gasteiger partial charge in [0.2, 0.25) is 5.91 Å². The number of amides is 2. The molecule has 1 heterocycles. The van der Waals surface area contributed by atoms with E-state index in [1.807, 2.05) is 0 Å². The van der Waals surface area contributed by atoms with Crippen molar-refractivity contribution >= 4 is 38.0 Å². The van der Waals surface area contributed by atoms with Crippen LogP contribution in [0.25, 0.3) is 0 Å². The molecule has 2 atom stereocenters. The molecule has 150 valence electrons. The van der Waals surface area contributed by atoms with E-state index >= 15 is 0 Å². The molecule has 0 aromatic carbocycles. The van der Waals surface area contributed by atoms with Crippen LogP contribution >= 0.6 is 11.3 Å². The summed E-state index contributed by atoms with van der Waals surface area (Å²) in [5.41, 5.74) is 6.93. The minimum Gasteiger partial charge on any atom is -0.365 e. The maximum Gasteiger partial charge on any atom is 0.251 e. The van der Waals surface area contributed by atoms with Gasteiger partial charge in [-0.2, -0.15) is 0 Å². The van der Waals surface area contributed by atoms with Gasteiger partial charge in [-0.1, -0.05) is 26.8 Å². The number of nitrogens with one attached hydrogen (secondary N) is 1. The summed E-state index contributed by atoms with van der Waals surface area (Å²) >= 11 is 1.33. The molecule has 1 aliphatic rings. The Balaban J connectivity index is 2.33. The number of anilines is 1. The van der Waals surface area contributed by atoms with E-state index in [0.29, 0.717) is 16.5 Å². The second-order valence-electron chi connectivity index (χ2n) is 8.13. The van der Waals surface area contributed by atoms with E-state index in [4.69, 9.17) is 5.73 Å². The molecule has 0 saturated carbocycles. The van der Waals surface area contributed by atoms with Crippen LogP contribution in [0.3, 0.4) is 0 Å². The normalized spacial score (nSPS) is 18.4. The molecule has 2 unspecified atom stereocenters. The lowest BCUT2D eigenvalue weighted by Crippen LogP contribution is -2.34. The third-order valence-electron chi connectivity index (χ3n) is 5.23. The average Bonchev–Trinajstić information content (AvgIpc) is 2.90. The monoisotopic (exact) mass is 412 g/mol. The van der Waals surface area contributed by atoms with Gasteiger partial charge in [0.05, 0.1) is 11.3 Å². The highest BCUT2D eigenvalue weighted by atomic mass is 32.2. The Morgan fingerprint density at radius 1 is 1.41 bits per heavy atom. The van der Waals surface area contributed by atoms with E-state index in [2.05, 4.69) is 32.7 Å². The molecule has 0 saturated heterocycles. The number of hydrogen-bond donors (Lipinski definition) is 2. The Labute approximate surface area is 165 Å². The second kappa shape index (κ2) is 7.75. The lowest BCUT2D eigenvalue weighted by atomic mass is 9.72. The fourth-order valence-corrected chi connectivity index (χ4v) is 5.70. The highest BCUT2D eigenvalue weighted by molar-refractivity contribution is 7.92. The molecule has 1 aromatic heterocycles. The van der Waals surface area contributed by atoms with Crippen LogP contribution in [0.1, 0.15) is 54.9 Å². The molecule has 27 heavy (non-hydrogen) atoms. The molecule has 6 nitrogen and oxygen atoms in total. The predicted octanol–water partition coefficient (Wildman–Crippen LogP) is 2.93. The van der Waals surface area contributed by atoms with E-state index < -0.39 is 26.9 Å². The van der Waals surface area contributed by atoms with Gasteiger partial charge in [-0.15, -0.1) is 17.9 Å². The van der Waals surface area contributed by atoms with Crippen molar-refractivity contribution in [3.8, 4) is 0 Å². The zero-order chi connectivity index (χ0) is 20.6. The van der Waals surface area contributed by atoms with Crippen LogP contribution in [0.15, 0.2) is 12.7 Å². The average molecular weight is 413 g/mol. The molecule has 3 N–H and O–H groups in total. The molecule has 0 aliphatic heterocycles. The topological polar surface area (TPSA) is 106 Å². The van der Waals surface area contributed by atoms with Gasteiger partial charge in [0.1, 0.15) is 10.3 Å². The van der Waals surface area contributed by atoms with Gasteiger partial charge < -0.3 is 11.1 Å². The third kappa shape index (κ3) is 4.60. The summed E-state index contributed by atoms with van der Waals surface area (Å²) in [4.78, 5) is 25.6. The van der Waals surface area contributed by atoms with E-state index in [1.165, 1.54) is 24.3 Å². The molecule has 0 radical (unpaired) electrons. The van der Waals surface area contributed by atoms with Gasteiger partial charge in [-0.3, -0.25) is 9.59 Å². The van der Waals surface area contributed by atoms with E-state index in [9.17, 15) is 18.0 Å². The van der Waals surface area contributed by atoms with Crippen LogP contribution in [0.2, 0.25) is 0 Å². The van der Waals surface area contributed by atoms with Crippen LogP contribution in [0.4, 0.5) is 5.00 Å². The van der Waals surface area contributed by atoms with Crippen molar-refractivity contribution in [3.63, 3.8) is 0 Å². The number of sulfone groups is 1. The van der Waals surface area contributed by atoms with Gasteiger partial charge in [-0.05, 0) is 43.1 Å².